The fraction of sp³-hybridized carbons (Fsp3) is 0.581. The van der Waals surface area contributed by atoms with Gasteiger partial charge in [-0.05, 0) is 43.4 Å². The molecule has 1 aromatic rings. The highest BCUT2D eigenvalue weighted by molar-refractivity contribution is 6.30. The lowest BCUT2D eigenvalue weighted by Crippen LogP contribution is -2.55. The van der Waals surface area contributed by atoms with Crippen LogP contribution in [-0.2, 0) is 30.4 Å². The maximum atomic E-state index is 13.1. The van der Waals surface area contributed by atoms with Crippen LogP contribution < -0.4 is 5.32 Å². The summed E-state index contributed by atoms with van der Waals surface area (Å²) < 4.78 is 0. The van der Waals surface area contributed by atoms with Gasteiger partial charge in [-0.25, -0.2) is 9.59 Å². The average Bonchev–Trinajstić information content (AvgIpc) is 2.92. The van der Waals surface area contributed by atoms with E-state index in [-0.39, 0.29) is 12.2 Å². The van der Waals surface area contributed by atoms with Crippen LogP contribution in [0.3, 0.4) is 0 Å². The molecule has 0 saturated carbocycles. The number of unbranched alkanes of at least 4 members (excludes halogenated alkanes) is 8. The number of ketones is 1. The molecular weight excluding hydrogens is 566 g/mol. The van der Waals surface area contributed by atoms with Crippen molar-refractivity contribution in [1.82, 2.24) is 5.32 Å². The van der Waals surface area contributed by atoms with Crippen molar-refractivity contribution >= 4 is 41.2 Å². The predicted octanol–water partition coefficient (Wildman–Crippen LogP) is 5.18. The number of Topliss-reactive ketones (excluding diaryl/α,β-unsaturated/α-hetero) is 1. The molecule has 11 heteroatoms. The minimum atomic E-state index is -3.01. The van der Waals surface area contributed by atoms with E-state index in [1.165, 1.54) is 12.5 Å². The Morgan fingerprint density at radius 1 is 0.881 bits per heavy atom. The maximum absolute atomic E-state index is 13.1. The molecule has 0 aliphatic rings. The number of carboxylic acid groups (broad SMARTS) is 3. The van der Waals surface area contributed by atoms with E-state index in [9.17, 15) is 44.4 Å². The van der Waals surface area contributed by atoms with Gasteiger partial charge in [-0.1, -0.05) is 81.3 Å². The van der Waals surface area contributed by atoms with Crippen LogP contribution in [0.2, 0.25) is 5.02 Å². The van der Waals surface area contributed by atoms with Gasteiger partial charge in [-0.15, -0.1) is 0 Å². The van der Waals surface area contributed by atoms with Crippen LogP contribution in [0.25, 0.3) is 0 Å². The summed E-state index contributed by atoms with van der Waals surface area (Å²) in [7, 11) is 0. The Morgan fingerprint density at radius 3 is 1.98 bits per heavy atom. The van der Waals surface area contributed by atoms with Gasteiger partial charge in [0, 0.05) is 24.3 Å². The number of carbonyl (C=O) groups is 5. The SMILES string of the molecule is CCCCCCCC(=O)CCCCCC/C=C/[C@@H](C(=O)N[C@@H](Cc1ccc(Cl)cc1)C(=O)O)[C@@](O)(CC(=O)O)C(=O)O. The molecule has 0 bridgehead atoms. The molecule has 1 aromatic carbocycles. The number of aliphatic carboxylic acids is 3. The van der Waals surface area contributed by atoms with Crippen LogP contribution in [0.1, 0.15) is 96.0 Å². The van der Waals surface area contributed by atoms with Gasteiger partial charge in [0.1, 0.15) is 11.8 Å². The second-order valence-electron chi connectivity index (χ2n) is 10.6. The van der Waals surface area contributed by atoms with Crippen LogP contribution in [0, 0.1) is 5.92 Å². The summed E-state index contributed by atoms with van der Waals surface area (Å²) >= 11 is 5.86. The first-order valence-electron chi connectivity index (χ1n) is 14.5. The molecule has 0 heterocycles. The van der Waals surface area contributed by atoms with Crippen LogP contribution in [-0.4, -0.2) is 61.7 Å². The highest BCUT2D eigenvalue weighted by Gasteiger charge is 2.49. The van der Waals surface area contributed by atoms with Gasteiger partial charge < -0.3 is 25.7 Å². The number of nitrogens with one attached hydrogen (secondary N) is 1. The third-order valence-electron chi connectivity index (χ3n) is 7.02. The molecule has 234 valence electrons. The maximum Gasteiger partial charge on any atom is 0.337 e. The molecule has 0 radical (unpaired) electrons. The molecule has 0 aliphatic heterocycles. The Balaban J connectivity index is 2.77. The number of aliphatic hydroxyl groups is 1. The smallest absolute Gasteiger partial charge is 0.337 e. The first-order chi connectivity index (χ1) is 19.9. The Hall–Kier alpha value is -3.24. The zero-order valence-corrected chi connectivity index (χ0v) is 25.0. The number of halogens is 1. The first kappa shape index (κ1) is 36.8. The van der Waals surface area contributed by atoms with Gasteiger partial charge in [-0.3, -0.25) is 14.4 Å². The number of rotatable bonds is 23. The number of allylic oxidation sites excluding steroid dienone is 1. The molecule has 0 unspecified atom stereocenters. The molecule has 5 N–H and O–H groups in total. The molecule has 42 heavy (non-hydrogen) atoms. The number of hydrogen-bond donors (Lipinski definition) is 5. The molecule has 0 aliphatic carbocycles. The second-order valence-corrected chi connectivity index (χ2v) is 11.0. The molecule has 1 amide bonds. The van der Waals surface area contributed by atoms with E-state index < -0.39 is 47.8 Å². The van der Waals surface area contributed by atoms with E-state index in [2.05, 4.69) is 12.2 Å². The van der Waals surface area contributed by atoms with Gasteiger partial charge >= 0.3 is 17.9 Å². The van der Waals surface area contributed by atoms with E-state index in [1.54, 1.807) is 24.3 Å². The number of hydrogen-bond acceptors (Lipinski definition) is 6. The van der Waals surface area contributed by atoms with Crippen LogP contribution in [0.5, 0.6) is 0 Å². The summed E-state index contributed by atoms with van der Waals surface area (Å²) in [5.41, 5.74) is -2.47. The lowest BCUT2D eigenvalue weighted by molar-refractivity contribution is -0.172. The average molecular weight is 610 g/mol. The monoisotopic (exact) mass is 609 g/mol. The van der Waals surface area contributed by atoms with Crippen molar-refractivity contribution in [2.24, 2.45) is 5.92 Å². The minimum absolute atomic E-state index is 0.152. The van der Waals surface area contributed by atoms with Gasteiger partial charge in [0.05, 0.1) is 12.3 Å². The number of benzene rings is 1. The fourth-order valence-corrected chi connectivity index (χ4v) is 4.68. The summed E-state index contributed by atoms with van der Waals surface area (Å²) in [5, 5.41) is 42.0. The predicted molar refractivity (Wildman–Crippen MR) is 158 cm³/mol. The van der Waals surface area contributed by atoms with Crippen molar-refractivity contribution in [3.05, 3.63) is 47.0 Å². The highest BCUT2D eigenvalue weighted by Crippen LogP contribution is 2.26. The standard InChI is InChI=1S/C31H44ClNO9/c1-2-3-4-7-10-13-24(34)14-11-8-5-6-9-12-15-25(31(42,30(40)41)21-27(35)36)28(37)33-26(29(38)39)20-22-16-18-23(32)19-17-22/h12,15-19,25-26,42H,2-11,13-14,20-21H2,1H3,(H,33,37)(H,35,36)(H,38,39)(H,40,41)/b15-12+/t25-,26-,31-/m0/s1. The van der Waals surface area contributed by atoms with Crippen molar-refractivity contribution in [3.63, 3.8) is 0 Å². The molecule has 0 aromatic heterocycles. The van der Waals surface area contributed by atoms with Crippen LogP contribution >= 0.6 is 11.6 Å². The van der Waals surface area contributed by atoms with E-state index in [0.717, 1.165) is 51.0 Å². The summed E-state index contributed by atoms with van der Waals surface area (Å²) in [6, 6.07) is 4.77. The molecule has 1 rings (SSSR count). The largest absolute Gasteiger partial charge is 0.481 e. The zero-order chi connectivity index (χ0) is 31.5. The third-order valence-corrected chi connectivity index (χ3v) is 7.27. The summed E-state index contributed by atoms with van der Waals surface area (Å²) in [5.74, 6) is -7.69. The Labute approximate surface area is 252 Å². The van der Waals surface area contributed by atoms with Crippen LogP contribution in [0.4, 0.5) is 0 Å². The normalized spacial score (nSPS) is 14.2. The number of amides is 1. The molecule has 0 fully saturated rings. The van der Waals surface area contributed by atoms with E-state index in [4.69, 9.17) is 11.6 Å². The Kier molecular flexibility index (Phi) is 17.3. The summed E-state index contributed by atoms with van der Waals surface area (Å²) in [6.07, 6.45) is 11.3. The summed E-state index contributed by atoms with van der Waals surface area (Å²) in [4.78, 5) is 60.3. The van der Waals surface area contributed by atoms with Crippen molar-refractivity contribution < 1.29 is 44.4 Å². The lowest BCUT2D eigenvalue weighted by Gasteiger charge is -2.29. The van der Waals surface area contributed by atoms with Crippen molar-refractivity contribution in [1.29, 1.82) is 0 Å². The fourth-order valence-electron chi connectivity index (χ4n) is 4.55. The molecule has 0 spiro atoms. The second kappa shape index (κ2) is 19.8. The van der Waals surface area contributed by atoms with Crippen molar-refractivity contribution in [3.8, 4) is 0 Å². The van der Waals surface area contributed by atoms with Gasteiger partial charge in [-0.2, -0.15) is 0 Å². The van der Waals surface area contributed by atoms with Gasteiger partial charge in [0.25, 0.3) is 0 Å². The first-order valence-corrected chi connectivity index (χ1v) is 14.9. The molecule has 0 saturated heterocycles. The molecular formula is C31H44ClNO9. The summed E-state index contributed by atoms with van der Waals surface area (Å²) in [6.45, 7) is 2.15. The molecule has 10 nitrogen and oxygen atoms in total. The number of carboxylic acids is 3. The van der Waals surface area contributed by atoms with E-state index in [0.29, 0.717) is 36.3 Å². The van der Waals surface area contributed by atoms with E-state index in [1.807, 2.05) is 0 Å². The highest BCUT2D eigenvalue weighted by atomic mass is 35.5. The Morgan fingerprint density at radius 2 is 1.45 bits per heavy atom. The zero-order valence-electron chi connectivity index (χ0n) is 24.2. The lowest BCUT2D eigenvalue weighted by atomic mass is 9.82. The topological polar surface area (TPSA) is 178 Å². The minimum Gasteiger partial charge on any atom is -0.481 e. The van der Waals surface area contributed by atoms with Crippen molar-refractivity contribution in [2.75, 3.05) is 0 Å². The van der Waals surface area contributed by atoms with Crippen molar-refractivity contribution in [2.45, 2.75) is 108 Å². The Bertz CT molecular complexity index is 1060. The van der Waals surface area contributed by atoms with E-state index >= 15 is 0 Å². The molecule has 3 atom stereocenters. The van der Waals surface area contributed by atoms with Gasteiger partial charge in [0.2, 0.25) is 5.91 Å². The third kappa shape index (κ3) is 14.1. The van der Waals surface area contributed by atoms with Gasteiger partial charge in [0.15, 0.2) is 5.60 Å². The van der Waals surface area contributed by atoms with Crippen LogP contribution in [0.15, 0.2) is 36.4 Å². The quantitative estimate of drug-likeness (QED) is 0.0825. The number of carbonyl (C=O) groups excluding carboxylic acids is 2.